The Hall–Kier alpha value is -2.62. The second kappa shape index (κ2) is 5.88. The van der Waals surface area contributed by atoms with Crippen molar-refractivity contribution in [2.24, 2.45) is 7.05 Å². The Balaban J connectivity index is 2.37. The summed E-state index contributed by atoms with van der Waals surface area (Å²) < 4.78 is 40.3. The van der Waals surface area contributed by atoms with Crippen LogP contribution in [0.2, 0.25) is 0 Å². The zero-order valence-corrected chi connectivity index (χ0v) is 12.1. The molecule has 0 aliphatic heterocycles. The van der Waals surface area contributed by atoms with Crippen LogP contribution in [0.25, 0.3) is 0 Å². The number of anilines is 1. The molecule has 0 aliphatic rings. The summed E-state index contributed by atoms with van der Waals surface area (Å²) in [7, 11) is 1.28. The lowest BCUT2D eigenvalue weighted by atomic mass is 10.1. The molecule has 0 aliphatic carbocycles. The Kier molecular flexibility index (Phi) is 4.28. The van der Waals surface area contributed by atoms with Gasteiger partial charge in [0.1, 0.15) is 11.3 Å². The first-order chi connectivity index (χ1) is 10.6. The molecule has 0 amide bonds. The average Bonchev–Trinajstić information content (AvgIpc) is 2.73. The van der Waals surface area contributed by atoms with Gasteiger partial charge in [0.05, 0.1) is 11.4 Å². The maximum Gasteiger partial charge on any atom is 0.420 e. The molecule has 0 saturated heterocycles. The third kappa shape index (κ3) is 3.42. The van der Waals surface area contributed by atoms with Crippen molar-refractivity contribution in [2.75, 3.05) is 5.32 Å². The minimum atomic E-state index is -4.68. The molecular weight excluding hydrogens is 317 g/mol. The summed E-state index contributed by atoms with van der Waals surface area (Å²) in [4.78, 5) is 14.4. The van der Waals surface area contributed by atoms with Gasteiger partial charge in [0.25, 0.3) is 0 Å². The van der Waals surface area contributed by atoms with Gasteiger partial charge >= 0.3 is 12.1 Å². The molecule has 0 fully saturated rings. The Bertz CT molecular complexity index is 743. The van der Waals surface area contributed by atoms with Crippen molar-refractivity contribution in [3.8, 4) is 0 Å². The zero-order chi connectivity index (χ0) is 17.4. The highest BCUT2D eigenvalue weighted by molar-refractivity contribution is 5.86. The number of aliphatic hydroxyl groups excluding tert-OH is 1. The van der Waals surface area contributed by atoms with Crippen LogP contribution in [0.5, 0.6) is 0 Å². The summed E-state index contributed by atoms with van der Waals surface area (Å²) in [5, 5.41) is 25.0. The van der Waals surface area contributed by atoms with Gasteiger partial charge in [-0.05, 0) is 19.1 Å². The SMILES string of the molecule is Cc1nn(C)c(C(O)Nc2ccnc(C(=O)O)c2)c1C(F)(F)F. The van der Waals surface area contributed by atoms with Crippen LogP contribution in [0.15, 0.2) is 18.3 Å². The third-order valence-electron chi connectivity index (χ3n) is 3.09. The molecule has 124 valence electrons. The van der Waals surface area contributed by atoms with Crippen molar-refractivity contribution in [3.05, 3.63) is 41.0 Å². The molecule has 0 bridgehead atoms. The van der Waals surface area contributed by atoms with E-state index >= 15 is 0 Å². The normalized spacial score (nSPS) is 13.0. The molecule has 2 aromatic rings. The van der Waals surface area contributed by atoms with E-state index in [2.05, 4.69) is 15.4 Å². The number of carboxylic acid groups (broad SMARTS) is 1. The highest BCUT2D eigenvalue weighted by Gasteiger charge is 2.40. The van der Waals surface area contributed by atoms with Crippen LogP contribution in [0.1, 0.15) is 33.7 Å². The van der Waals surface area contributed by atoms with Gasteiger partial charge in [-0.1, -0.05) is 0 Å². The quantitative estimate of drug-likeness (QED) is 0.741. The van der Waals surface area contributed by atoms with Gasteiger partial charge in [0, 0.05) is 18.9 Å². The number of aryl methyl sites for hydroxylation is 2. The first kappa shape index (κ1) is 16.7. The summed E-state index contributed by atoms with van der Waals surface area (Å²) in [6.07, 6.45) is -5.25. The fourth-order valence-electron chi connectivity index (χ4n) is 2.20. The lowest BCUT2D eigenvalue weighted by molar-refractivity contribution is -0.139. The molecule has 7 nitrogen and oxygen atoms in total. The Morgan fingerprint density at radius 1 is 1.43 bits per heavy atom. The highest BCUT2D eigenvalue weighted by atomic mass is 19.4. The molecule has 2 aromatic heterocycles. The lowest BCUT2D eigenvalue weighted by Gasteiger charge is -2.17. The van der Waals surface area contributed by atoms with Crippen LogP contribution in [0.3, 0.4) is 0 Å². The average molecular weight is 330 g/mol. The number of aromatic nitrogens is 3. The van der Waals surface area contributed by atoms with E-state index in [9.17, 15) is 23.1 Å². The number of hydrogen-bond acceptors (Lipinski definition) is 5. The van der Waals surface area contributed by atoms with Gasteiger partial charge in [-0.25, -0.2) is 9.78 Å². The van der Waals surface area contributed by atoms with Crippen molar-refractivity contribution >= 4 is 11.7 Å². The van der Waals surface area contributed by atoms with E-state index in [1.165, 1.54) is 20.0 Å². The molecule has 1 unspecified atom stereocenters. The highest BCUT2D eigenvalue weighted by Crippen LogP contribution is 2.36. The van der Waals surface area contributed by atoms with Gasteiger partial charge in [0.15, 0.2) is 6.23 Å². The predicted octanol–water partition coefficient (Wildman–Crippen LogP) is 1.94. The molecule has 0 radical (unpaired) electrons. The number of nitrogens with one attached hydrogen (secondary N) is 1. The van der Waals surface area contributed by atoms with Crippen molar-refractivity contribution < 1.29 is 28.2 Å². The molecular formula is C13H13F3N4O3. The minimum Gasteiger partial charge on any atom is -0.477 e. The van der Waals surface area contributed by atoms with Gasteiger partial charge in [0.2, 0.25) is 0 Å². The summed E-state index contributed by atoms with van der Waals surface area (Å²) in [6.45, 7) is 1.19. The summed E-state index contributed by atoms with van der Waals surface area (Å²) in [5.74, 6) is -1.30. The molecule has 3 N–H and O–H groups in total. The van der Waals surface area contributed by atoms with Gasteiger partial charge < -0.3 is 15.5 Å². The largest absolute Gasteiger partial charge is 0.477 e. The predicted molar refractivity (Wildman–Crippen MR) is 72.7 cm³/mol. The van der Waals surface area contributed by atoms with E-state index in [4.69, 9.17) is 5.11 Å². The number of aliphatic hydroxyl groups is 1. The van der Waals surface area contributed by atoms with Gasteiger partial charge in [-0.2, -0.15) is 18.3 Å². The standard InChI is InChI=1S/C13H13F3N4O3/c1-6-9(13(14,15)16)10(20(2)19-6)11(21)18-7-3-4-17-8(5-7)12(22)23/h3-5,11,21H,1-2H3,(H,17,18)(H,22,23). The first-order valence-electron chi connectivity index (χ1n) is 6.36. The number of halogens is 3. The smallest absolute Gasteiger partial charge is 0.420 e. The third-order valence-corrected chi connectivity index (χ3v) is 3.09. The van der Waals surface area contributed by atoms with Crippen LogP contribution in [0.4, 0.5) is 18.9 Å². The van der Waals surface area contributed by atoms with Crippen LogP contribution in [-0.4, -0.2) is 30.9 Å². The first-order valence-corrected chi connectivity index (χ1v) is 6.36. The van der Waals surface area contributed by atoms with E-state index in [0.717, 1.165) is 16.9 Å². The maximum atomic E-state index is 13.1. The molecule has 1 atom stereocenters. The topological polar surface area (TPSA) is 100 Å². The van der Waals surface area contributed by atoms with Crippen LogP contribution >= 0.6 is 0 Å². The van der Waals surface area contributed by atoms with Gasteiger partial charge in [-0.3, -0.25) is 4.68 Å². The van der Waals surface area contributed by atoms with E-state index in [1.807, 2.05) is 0 Å². The molecule has 0 spiro atoms. The Morgan fingerprint density at radius 3 is 2.65 bits per heavy atom. The van der Waals surface area contributed by atoms with E-state index in [-0.39, 0.29) is 17.1 Å². The zero-order valence-electron chi connectivity index (χ0n) is 12.1. The number of alkyl halides is 3. The van der Waals surface area contributed by atoms with Crippen molar-refractivity contribution in [1.82, 2.24) is 14.8 Å². The fraction of sp³-hybridized carbons (Fsp3) is 0.308. The minimum absolute atomic E-state index is 0.108. The summed E-state index contributed by atoms with van der Waals surface area (Å²) in [5.41, 5.74) is -1.97. The maximum absolute atomic E-state index is 13.1. The summed E-state index contributed by atoms with van der Waals surface area (Å²) in [6, 6.07) is 2.42. The number of carboxylic acids is 1. The second-order valence-electron chi connectivity index (χ2n) is 4.75. The number of pyridine rings is 1. The lowest BCUT2D eigenvalue weighted by Crippen LogP contribution is -2.19. The molecule has 0 saturated carbocycles. The molecule has 10 heteroatoms. The molecule has 0 aromatic carbocycles. The van der Waals surface area contributed by atoms with Crippen molar-refractivity contribution in [1.29, 1.82) is 0 Å². The number of nitrogens with zero attached hydrogens (tertiary/aromatic N) is 3. The van der Waals surface area contributed by atoms with E-state index in [1.54, 1.807) is 0 Å². The number of hydrogen-bond donors (Lipinski definition) is 3. The molecule has 2 heterocycles. The van der Waals surface area contributed by atoms with Crippen LogP contribution < -0.4 is 5.32 Å². The van der Waals surface area contributed by atoms with Gasteiger partial charge in [-0.15, -0.1) is 0 Å². The van der Waals surface area contributed by atoms with Crippen LogP contribution in [-0.2, 0) is 13.2 Å². The Labute approximate surface area is 128 Å². The fourth-order valence-corrected chi connectivity index (χ4v) is 2.20. The monoisotopic (exact) mass is 330 g/mol. The van der Waals surface area contributed by atoms with Crippen LogP contribution in [0, 0.1) is 6.92 Å². The van der Waals surface area contributed by atoms with E-state index < -0.39 is 29.6 Å². The molecule has 23 heavy (non-hydrogen) atoms. The number of carbonyl (C=O) groups is 1. The molecule has 2 rings (SSSR count). The van der Waals surface area contributed by atoms with E-state index in [0.29, 0.717) is 0 Å². The number of rotatable bonds is 4. The second-order valence-corrected chi connectivity index (χ2v) is 4.75. The summed E-state index contributed by atoms with van der Waals surface area (Å²) >= 11 is 0. The number of aromatic carboxylic acids is 1. The van der Waals surface area contributed by atoms with Crippen molar-refractivity contribution in [3.63, 3.8) is 0 Å². The van der Waals surface area contributed by atoms with Crippen molar-refractivity contribution in [2.45, 2.75) is 19.3 Å². The Morgan fingerprint density at radius 2 is 2.09 bits per heavy atom.